The number of nitrogens with one attached hydrogen (secondary N) is 1. The first-order chi connectivity index (χ1) is 11.5. The van der Waals surface area contributed by atoms with Gasteiger partial charge in [0.1, 0.15) is 6.54 Å². The van der Waals surface area contributed by atoms with E-state index in [1.54, 1.807) is 18.2 Å². The van der Waals surface area contributed by atoms with Gasteiger partial charge >= 0.3 is 5.97 Å². The summed E-state index contributed by atoms with van der Waals surface area (Å²) in [7, 11) is 0. The lowest BCUT2D eigenvalue weighted by Crippen LogP contribution is -2.14. The molecular formula is C16H19N3O5. The zero-order valence-corrected chi connectivity index (χ0v) is 13.5. The van der Waals surface area contributed by atoms with Gasteiger partial charge in [-0.15, -0.1) is 0 Å². The maximum absolute atomic E-state index is 12.3. The summed E-state index contributed by atoms with van der Waals surface area (Å²) >= 11 is 0. The molecular weight excluding hydrogens is 314 g/mol. The third-order valence-electron chi connectivity index (χ3n) is 2.99. The molecule has 0 atom stereocenters. The molecule has 0 unspecified atom stereocenters. The zero-order chi connectivity index (χ0) is 17.5. The Kier molecular flexibility index (Phi) is 5.78. The van der Waals surface area contributed by atoms with Gasteiger partial charge in [-0.3, -0.25) is 14.3 Å². The first kappa shape index (κ1) is 17.3. The fourth-order valence-electron chi connectivity index (χ4n) is 2.04. The maximum Gasteiger partial charge on any atom is 0.325 e. The molecule has 2 rings (SSSR count). The second-order valence-corrected chi connectivity index (χ2v) is 4.77. The number of nitrogens with zero attached hydrogens (tertiary/aromatic N) is 2. The van der Waals surface area contributed by atoms with Crippen LogP contribution in [0.25, 0.3) is 0 Å². The molecule has 0 saturated heterocycles. The molecule has 1 aromatic carbocycles. The number of benzene rings is 1. The Hall–Kier alpha value is -3.03. The highest BCUT2D eigenvalue weighted by Gasteiger charge is 2.13. The molecule has 2 aromatic rings. The molecule has 0 spiro atoms. The number of carbonyl (C=O) groups excluding carboxylic acids is 1. The van der Waals surface area contributed by atoms with Crippen molar-refractivity contribution in [1.82, 2.24) is 9.78 Å². The van der Waals surface area contributed by atoms with Crippen molar-refractivity contribution in [2.45, 2.75) is 20.4 Å². The van der Waals surface area contributed by atoms with Crippen LogP contribution in [-0.4, -0.2) is 40.0 Å². The van der Waals surface area contributed by atoms with Crippen LogP contribution in [0.2, 0.25) is 0 Å². The predicted molar refractivity (Wildman–Crippen MR) is 86.6 cm³/mol. The topological polar surface area (TPSA) is 103 Å². The molecule has 0 bridgehead atoms. The molecule has 24 heavy (non-hydrogen) atoms. The third kappa shape index (κ3) is 4.48. The van der Waals surface area contributed by atoms with Gasteiger partial charge in [0.2, 0.25) is 0 Å². The van der Waals surface area contributed by atoms with E-state index in [9.17, 15) is 9.59 Å². The van der Waals surface area contributed by atoms with Crippen molar-refractivity contribution in [1.29, 1.82) is 0 Å². The van der Waals surface area contributed by atoms with Crippen LogP contribution in [0.5, 0.6) is 11.5 Å². The highest BCUT2D eigenvalue weighted by molar-refractivity contribution is 6.04. The SMILES string of the molecule is CCOc1ccc(C(=O)Nc2ccn(CC(=O)O)n2)cc1OCC. The van der Waals surface area contributed by atoms with Gasteiger partial charge in [0.15, 0.2) is 17.3 Å². The van der Waals surface area contributed by atoms with Crippen LogP contribution in [-0.2, 0) is 11.3 Å². The van der Waals surface area contributed by atoms with E-state index in [0.29, 0.717) is 30.3 Å². The molecule has 0 aliphatic carbocycles. The summed E-state index contributed by atoms with van der Waals surface area (Å²) < 4.78 is 12.2. The highest BCUT2D eigenvalue weighted by atomic mass is 16.5. The predicted octanol–water partition coefficient (Wildman–Crippen LogP) is 2.02. The van der Waals surface area contributed by atoms with Crippen molar-refractivity contribution in [3.63, 3.8) is 0 Å². The number of carboxylic acid groups (broad SMARTS) is 1. The maximum atomic E-state index is 12.3. The normalized spacial score (nSPS) is 10.2. The van der Waals surface area contributed by atoms with Crippen LogP contribution in [0.1, 0.15) is 24.2 Å². The summed E-state index contributed by atoms with van der Waals surface area (Å²) in [5, 5.41) is 15.3. The smallest absolute Gasteiger partial charge is 0.325 e. The van der Waals surface area contributed by atoms with Crippen molar-refractivity contribution in [2.24, 2.45) is 0 Å². The van der Waals surface area contributed by atoms with Gasteiger partial charge in [-0.2, -0.15) is 5.10 Å². The van der Waals surface area contributed by atoms with Crippen LogP contribution in [0.15, 0.2) is 30.5 Å². The fourth-order valence-corrected chi connectivity index (χ4v) is 2.04. The first-order valence-electron chi connectivity index (χ1n) is 7.49. The number of aliphatic carboxylic acids is 1. The minimum atomic E-state index is -1.01. The number of hydrogen-bond donors (Lipinski definition) is 2. The summed E-state index contributed by atoms with van der Waals surface area (Å²) in [5.74, 6) is -0.0541. The Morgan fingerprint density at radius 2 is 1.88 bits per heavy atom. The van der Waals surface area contributed by atoms with E-state index in [1.165, 1.54) is 16.9 Å². The number of carbonyl (C=O) groups is 2. The van der Waals surface area contributed by atoms with E-state index in [2.05, 4.69) is 10.4 Å². The average Bonchev–Trinajstić information content (AvgIpc) is 2.95. The largest absolute Gasteiger partial charge is 0.490 e. The summed E-state index contributed by atoms with van der Waals surface area (Å²) in [4.78, 5) is 22.9. The molecule has 8 nitrogen and oxygen atoms in total. The van der Waals surface area contributed by atoms with Crippen LogP contribution >= 0.6 is 0 Å². The molecule has 1 aromatic heterocycles. The summed E-state index contributed by atoms with van der Waals surface area (Å²) in [6.45, 7) is 4.38. The first-order valence-corrected chi connectivity index (χ1v) is 7.49. The van der Waals surface area contributed by atoms with E-state index >= 15 is 0 Å². The summed E-state index contributed by atoms with van der Waals surface area (Å²) in [6.07, 6.45) is 1.48. The van der Waals surface area contributed by atoms with Crippen LogP contribution in [0, 0.1) is 0 Å². The molecule has 0 saturated carbocycles. The Morgan fingerprint density at radius 1 is 1.17 bits per heavy atom. The van der Waals surface area contributed by atoms with Crippen molar-refractivity contribution >= 4 is 17.7 Å². The molecule has 8 heteroatoms. The fraction of sp³-hybridized carbons (Fsp3) is 0.312. The molecule has 1 heterocycles. The minimum Gasteiger partial charge on any atom is -0.490 e. The standard InChI is InChI=1S/C16H19N3O5/c1-3-23-12-6-5-11(9-13(12)24-4-2)16(22)17-14-7-8-19(18-14)10-15(20)21/h5-9H,3-4,10H2,1-2H3,(H,20,21)(H,17,18,22). The van der Waals surface area contributed by atoms with Crippen molar-refractivity contribution in [3.8, 4) is 11.5 Å². The lowest BCUT2D eigenvalue weighted by Gasteiger charge is -2.12. The number of anilines is 1. The average molecular weight is 333 g/mol. The minimum absolute atomic E-state index is 0.270. The molecule has 0 radical (unpaired) electrons. The lowest BCUT2D eigenvalue weighted by molar-refractivity contribution is -0.137. The van der Waals surface area contributed by atoms with Gasteiger partial charge in [0.25, 0.3) is 5.91 Å². The third-order valence-corrected chi connectivity index (χ3v) is 2.99. The molecule has 2 N–H and O–H groups in total. The Morgan fingerprint density at radius 3 is 2.54 bits per heavy atom. The number of aromatic nitrogens is 2. The van der Waals surface area contributed by atoms with Gasteiger partial charge in [-0.1, -0.05) is 0 Å². The van der Waals surface area contributed by atoms with E-state index in [0.717, 1.165) is 0 Å². The molecule has 0 aliphatic heterocycles. The second kappa shape index (κ2) is 8.00. The van der Waals surface area contributed by atoms with Gasteiger partial charge < -0.3 is 19.9 Å². The van der Waals surface area contributed by atoms with Gasteiger partial charge in [0.05, 0.1) is 13.2 Å². The quantitative estimate of drug-likeness (QED) is 0.766. The molecule has 0 aliphatic rings. The summed E-state index contributed by atoms with van der Waals surface area (Å²) in [6, 6.07) is 6.42. The van der Waals surface area contributed by atoms with Crippen molar-refractivity contribution in [3.05, 3.63) is 36.0 Å². The van der Waals surface area contributed by atoms with Gasteiger partial charge in [-0.25, -0.2) is 0 Å². The highest BCUT2D eigenvalue weighted by Crippen LogP contribution is 2.28. The van der Waals surface area contributed by atoms with E-state index in [1.807, 2.05) is 13.8 Å². The Labute approximate surface area is 139 Å². The molecule has 128 valence electrons. The number of ether oxygens (including phenoxy) is 2. The summed E-state index contributed by atoms with van der Waals surface area (Å²) in [5.41, 5.74) is 0.384. The Bertz CT molecular complexity index is 726. The van der Waals surface area contributed by atoms with E-state index < -0.39 is 5.97 Å². The number of rotatable bonds is 8. The second-order valence-electron chi connectivity index (χ2n) is 4.77. The number of amides is 1. The van der Waals surface area contributed by atoms with Crippen molar-refractivity contribution < 1.29 is 24.2 Å². The van der Waals surface area contributed by atoms with Crippen LogP contribution < -0.4 is 14.8 Å². The monoisotopic (exact) mass is 333 g/mol. The zero-order valence-electron chi connectivity index (χ0n) is 13.5. The van der Waals surface area contributed by atoms with Crippen molar-refractivity contribution in [2.75, 3.05) is 18.5 Å². The van der Waals surface area contributed by atoms with E-state index in [-0.39, 0.29) is 18.3 Å². The van der Waals surface area contributed by atoms with E-state index in [4.69, 9.17) is 14.6 Å². The van der Waals surface area contributed by atoms with Crippen LogP contribution in [0.4, 0.5) is 5.82 Å². The number of carboxylic acids is 1. The molecule has 0 fully saturated rings. The Balaban J connectivity index is 2.12. The molecule has 1 amide bonds. The van der Waals surface area contributed by atoms with Crippen LogP contribution in [0.3, 0.4) is 0 Å². The van der Waals surface area contributed by atoms with Gasteiger partial charge in [0, 0.05) is 17.8 Å². The van der Waals surface area contributed by atoms with Gasteiger partial charge in [-0.05, 0) is 32.0 Å². The number of hydrogen-bond acceptors (Lipinski definition) is 5. The lowest BCUT2D eigenvalue weighted by atomic mass is 10.2.